The highest BCUT2D eigenvalue weighted by atomic mass is 32.1. The van der Waals surface area contributed by atoms with E-state index in [9.17, 15) is 0 Å². The lowest BCUT2D eigenvalue weighted by Crippen LogP contribution is -2.01. The molecule has 12 aromatic rings. The van der Waals surface area contributed by atoms with Crippen LogP contribution in [0.25, 0.3) is 109 Å². The van der Waals surface area contributed by atoms with Gasteiger partial charge in [-0.15, -0.1) is 11.3 Å². The number of para-hydroxylation sites is 5. The molecule has 12 rings (SSSR count). The fourth-order valence-corrected chi connectivity index (χ4v) is 10.3. The van der Waals surface area contributed by atoms with Crippen molar-refractivity contribution >= 4 is 86.2 Å². The van der Waals surface area contributed by atoms with Crippen LogP contribution in [0, 0.1) is 6.92 Å². The van der Waals surface area contributed by atoms with Gasteiger partial charge in [-0.3, -0.25) is 0 Å². The van der Waals surface area contributed by atoms with E-state index in [1.807, 2.05) is 41.7 Å². The van der Waals surface area contributed by atoms with Crippen LogP contribution in [-0.4, -0.2) is 19.1 Å². The lowest BCUT2D eigenvalue weighted by Gasteiger charge is -2.16. The molecule has 0 amide bonds. The number of hydrogen-bond donors (Lipinski definition) is 0. The van der Waals surface area contributed by atoms with Gasteiger partial charge in [-0.1, -0.05) is 121 Å². The van der Waals surface area contributed by atoms with Gasteiger partial charge in [-0.25, -0.2) is 9.97 Å². The number of thiophene rings is 1. The molecule has 0 radical (unpaired) electrons. The molecule has 8 aromatic carbocycles. The number of hydrogen-bond acceptors (Lipinski definition) is 3. The summed E-state index contributed by atoms with van der Waals surface area (Å²) in [6, 6.07) is 63.0. The maximum Gasteiger partial charge on any atom is 0.0975 e. The first-order valence-electron chi connectivity index (χ1n) is 19.0. The first-order chi connectivity index (χ1) is 27.7. The van der Waals surface area contributed by atoms with Gasteiger partial charge in [0.1, 0.15) is 0 Å². The largest absolute Gasteiger partial charge is 0.307 e. The van der Waals surface area contributed by atoms with E-state index in [2.05, 4.69) is 162 Å². The smallest absolute Gasteiger partial charge is 0.0975 e. The summed E-state index contributed by atoms with van der Waals surface area (Å²) in [7, 11) is 0. The van der Waals surface area contributed by atoms with E-state index < -0.39 is 0 Å². The van der Waals surface area contributed by atoms with Crippen LogP contribution in [0.2, 0.25) is 0 Å². The fourth-order valence-electron chi connectivity index (χ4n) is 9.03. The minimum Gasteiger partial charge on any atom is -0.307 e. The predicted octanol–water partition coefficient (Wildman–Crippen LogP) is 13.8. The van der Waals surface area contributed by atoms with Gasteiger partial charge in [-0.05, 0) is 67.1 Å². The normalized spacial score (nSPS) is 12.0. The van der Waals surface area contributed by atoms with Gasteiger partial charge in [0, 0.05) is 64.2 Å². The zero-order chi connectivity index (χ0) is 36.9. The maximum absolute atomic E-state index is 5.27. The molecule has 0 aliphatic heterocycles. The number of aromatic nitrogens is 4. The van der Waals surface area contributed by atoms with Gasteiger partial charge in [0.2, 0.25) is 0 Å². The van der Waals surface area contributed by atoms with E-state index in [4.69, 9.17) is 9.97 Å². The van der Waals surface area contributed by atoms with Gasteiger partial charge < -0.3 is 9.13 Å². The van der Waals surface area contributed by atoms with Crippen molar-refractivity contribution in [2.75, 3.05) is 0 Å². The zero-order valence-corrected chi connectivity index (χ0v) is 31.3. The molecule has 4 aromatic heterocycles. The summed E-state index contributed by atoms with van der Waals surface area (Å²) in [5.41, 5.74) is 13.9. The topological polar surface area (TPSA) is 35.6 Å². The molecule has 0 aliphatic carbocycles. The summed E-state index contributed by atoms with van der Waals surface area (Å²) in [5.74, 6) is 0. The van der Waals surface area contributed by atoms with Crippen molar-refractivity contribution in [1.82, 2.24) is 19.1 Å². The molecule has 0 fully saturated rings. The third-order valence-electron chi connectivity index (χ3n) is 11.4. The number of fused-ring (bicyclic) bond motifs is 13. The number of nitrogens with zero attached hydrogens (tertiary/aromatic N) is 4. The molecule has 0 saturated carbocycles. The highest BCUT2D eigenvalue weighted by Gasteiger charge is 2.27. The standard InChI is InChI=1S/C51H32N4S/c1-31-30-34(28-29-35(31)48-47(32-16-4-2-5-17-32)52-39-23-11-12-24-40(39)53-48)55-41-25-13-8-20-36(41)44-45-38-22-10-15-27-43(38)56-51(45)46-37-21-9-14-26-42(37)54(50(46)49(44)55)33-18-6-3-7-19-33/h2-30H,1H3. The Bertz CT molecular complexity index is 3540. The second-order valence-electron chi connectivity index (χ2n) is 14.6. The van der Waals surface area contributed by atoms with Gasteiger partial charge in [0.25, 0.3) is 0 Å². The van der Waals surface area contributed by atoms with Crippen molar-refractivity contribution in [2.24, 2.45) is 0 Å². The Balaban J connectivity index is 1.23. The first kappa shape index (κ1) is 31.3. The van der Waals surface area contributed by atoms with Crippen LogP contribution >= 0.6 is 11.3 Å². The summed E-state index contributed by atoms with van der Waals surface area (Å²) in [6.07, 6.45) is 0. The van der Waals surface area contributed by atoms with Crippen molar-refractivity contribution in [3.63, 3.8) is 0 Å². The minimum atomic E-state index is 0.885. The van der Waals surface area contributed by atoms with Crippen LogP contribution in [0.3, 0.4) is 0 Å². The Morgan fingerprint density at radius 2 is 1.00 bits per heavy atom. The molecular formula is C51H32N4S. The summed E-state index contributed by atoms with van der Waals surface area (Å²) >= 11 is 1.91. The van der Waals surface area contributed by atoms with Gasteiger partial charge in [0.15, 0.2) is 0 Å². The van der Waals surface area contributed by atoms with Crippen LogP contribution in [0.4, 0.5) is 0 Å². The molecule has 0 N–H and O–H groups in total. The SMILES string of the molecule is Cc1cc(-n2c3ccccc3c3c4c5ccccc5sc4c4c5ccccc5n(-c5ccccc5)c4c32)ccc1-c1nc2ccccc2nc1-c1ccccc1. The lowest BCUT2D eigenvalue weighted by molar-refractivity contribution is 1.14. The van der Waals surface area contributed by atoms with Gasteiger partial charge in [-0.2, -0.15) is 0 Å². The molecule has 0 bridgehead atoms. The first-order valence-corrected chi connectivity index (χ1v) is 19.8. The second kappa shape index (κ2) is 12.0. The molecule has 0 unspecified atom stereocenters. The molecule has 0 aliphatic rings. The molecule has 5 heteroatoms. The summed E-state index contributed by atoms with van der Waals surface area (Å²) in [4.78, 5) is 10.5. The van der Waals surface area contributed by atoms with E-state index in [0.717, 1.165) is 50.5 Å². The maximum atomic E-state index is 5.27. The third kappa shape index (κ3) is 4.40. The van der Waals surface area contributed by atoms with E-state index in [-0.39, 0.29) is 0 Å². The van der Waals surface area contributed by atoms with Gasteiger partial charge >= 0.3 is 0 Å². The number of rotatable bonds is 4. The average Bonchev–Trinajstić information content (AvgIpc) is 3.92. The molecule has 262 valence electrons. The molecule has 0 atom stereocenters. The van der Waals surface area contributed by atoms with Crippen molar-refractivity contribution in [2.45, 2.75) is 6.92 Å². The zero-order valence-electron chi connectivity index (χ0n) is 30.4. The molecular weight excluding hydrogens is 701 g/mol. The highest BCUT2D eigenvalue weighted by molar-refractivity contribution is 7.27. The monoisotopic (exact) mass is 732 g/mol. The Morgan fingerprint density at radius 1 is 0.446 bits per heavy atom. The summed E-state index contributed by atoms with van der Waals surface area (Å²) < 4.78 is 7.63. The Kier molecular flexibility index (Phi) is 6.68. The van der Waals surface area contributed by atoms with Crippen LogP contribution < -0.4 is 0 Å². The second-order valence-corrected chi connectivity index (χ2v) is 15.6. The quantitative estimate of drug-likeness (QED) is 0.181. The number of aryl methyl sites for hydroxylation is 1. The van der Waals surface area contributed by atoms with E-state index in [0.29, 0.717) is 0 Å². The Hall–Kier alpha value is -7.08. The average molecular weight is 733 g/mol. The van der Waals surface area contributed by atoms with Crippen molar-refractivity contribution in [3.8, 4) is 33.9 Å². The molecule has 0 spiro atoms. The van der Waals surface area contributed by atoms with Crippen LogP contribution in [-0.2, 0) is 0 Å². The lowest BCUT2D eigenvalue weighted by atomic mass is 9.99. The molecule has 0 saturated heterocycles. The minimum absolute atomic E-state index is 0.885. The Morgan fingerprint density at radius 3 is 1.71 bits per heavy atom. The highest BCUT2D eigenvalue weighted by Crippen LogP contribution is 2.51. The van der Waals surface area contributed by atoms with E-state index in [1.54, 1.807) is 0 Å². The molecule has 4 heterocycles. The fraction of sp³-hybridized carbons (Fsp3) is 0.0196. The predicted molar refractivity (Wildman–Crippen MR) is 237 cm³/mol. The van der Waals surface area contributed by atoms with Crippen LogP contribution in [0.15, 0.2) is 176 Å². The van der Waals surface area contributed by atoms with Crippen LogP contribution in [0.1, 0.15) is 5.56 Å². The van der Waals surface area contributed by atoms with Crippen molar-refractivity contribution in [3.05, 3.63) is 181 Å². The third-order valence-corrected chi connectivity index (χ3v) is 12.6. The van der Waals surface area contributed by atoms with Crippen LogP contribution in [0.5, 0.6) is 0 Å². The van der Waals surface area contributed by atoms with Gasteiger partial charge in [0.05, 0.1) is 44.5 Å². The number of benzene rings is 8. The van der Waals surface area contributed by atoms with Crippen molar-refractivity contribution in [1.29, 1.82) is 0 Å². The summed E-state index contributed by atoms with van der Waals surface area (Å²) in [5, 5.41) is 7.71. The summed E-state index contributed by atoms with van der Waals surface area (Å²) in [6.45, 7) is 2.21. The van der Waals surface area contributed by atoms with E-state index in [1.165, 1.54) is 63.8 Å². The molecule has 4 nitrogen and oxygen atoms in total. The molecule has 56 heavy (non-hydrogen) atoms. The Labute approximate surface area is 326 Å². The van der Waals surface area contributed by atoms with E-state index >= 15 is 0 Å². The van der Waals surface area contributed by atoms with Crippen molar-refractivity contribution < 1.29 is 0 Å².